The van der Waals surface area contributed by atoms with Crippen molar-refractivity contribution in [3.63, 3.8) is 0 Å². The average Bonchev–Trinajstić information content (AvgIpc) is 2.61. The molecule has 1 fully saturated rings. The highest BCUT2D eigenvalue weighted by atomic mass is 35.5. The highest BCUT2D eigenvalue weighted by Gasteiger charge is 2.19. The highest BCUT2D eigenvalue weighted by Crippen LogP contribution is 2.30. The number of halogens is 2. The van der Waals surface area contributed by atoms with E-state index in [0.29, 0.717) is 40.1 Å². The van der Waals surface area contributed by atoms with Crippen LogP contribution in [0.2, 0.25) is 10.0 Å². The molecule has 1 aliphatic rings. The van der Waals surface area contributed by atoms with Gasteiger partial charge in [0.1, 0.15) is 5.75 Å². The standard InChI is InChI=1S/C18H17Cl2N3O3/c1-26-16-5-2-11(19)8-13(16)18(25)22-12-3-4-15(14(20)9-12)23-7-6-21-17(24)10-23/h2-5,8-9H,6-7,10H2,1H3,(H,21,24)(H,22,25). The third kappa shape index (κ3) is 4.03. The molecule has 0 spiro atoms. The van der Waals surface area contributed by atoms with Gasteiger partial charge in [-0.25, -0.2) is 0 Å². The van der Waals surface area contributed by atoms with Crippen molar-refractivity contribution in [3.05, 3.63) is 52.0 Å². The number of hydrogen-bond acceptors (Lipinski definition) is 4. The van der Waals surface area contributed by atoms with Crippen molar-refractivity contribution < 1.29 is 14.3 Å². The van der Waals surface area contributed by atoms with Gasteiger partial charge in [0.15, 0.2) is 0 Å². The van der Waals surface area contributed by atoms with E-state index < -0.39 is 0 Å². The summed E-state index contributed by atoms with van der Waals surface area (Å²) in [5.74, 6) is 0.0252. The van der Waals surface area contributed by atoms with Crippen LogP contribution >= 0.6 is 23.2 Å². The molecule has 2 aromatic carbocycles. The number of carbonyl (C=O) groups is 2. The summed E-state index contributed by atoms with van der Waals surface area (Å²) in [6.07, 6.45) is 0. The van der Waals surface area contributed by atoms with Gasteiger partial charge < -0.3 is 20.3 Å². The van der Waals surface area contributed by atoms with Gasteiger partial charge in [-0.3, -0.25) is 9.59 Å². The van der Waals surface area contributed by atoms with Crippen molar-refractivity contribution >= 4 is 46.4 Å². The van der Waals surface area contributed by atoms with Gasteiger partial charge in [-0.2, -0.15) is 0 Å². The normalized spacial score (nSPS) is 14.0. The van der Waals surface area contributed by atoms with Crippen LogP contribution < -0.4 is 20.3 Å². The van der Waals surface area contributed by atoms with Gasteiger partial charge in [0.05, 0.1) is 29.9 Å². The predicted octanol–water partition coefficient (Wildman–Crippen LogP) is 3.19. The average molecular weight is 394 g/mol. The number of ether oxygens (including phenoxy) is 1. The van der Waals surface area contributed by atoms with Gasteiger partial charge in [0.25, 0.3) is 5.91 Å². The van der Waals surface area contributed by atoms with Gasteiger partial charge >= 0.3 is 0 Å². The lowest BCUT2D eigenvalue weighted by Crippen LogP contribution is -2.47. The number of benzene rings is 2. The first-order valence-electron chi connectivity index (χ1n) is 7.94. The molecule has 26 heavy (non-hydrogen) atoms. The van der Waals surface area contributed by atoms with Crippen LogP contribution in [0.3, 0.4) is 0 Å². The number of carbonyl (C=O) groups excluding carboxylic acids is 2. The summed E-state index contributed by atoms with van der Waals surface area (Å²) in [6.45, 7) is 1.50. The molecule has 2 N–H and O–H groups in total. The van der Waals surface area contributed by atoms with E-state index >= 15 is 0 Å². The zero-order valence-corrected chi connectivity index (χ0v) is 15.5. The molecule has 2 aromatic rings. The van der Waals surface area contributed by atoms with Crippen LogP contribution in [0.5, 0.6) is 5.75 Å². The van der Waals surface area contributed by atoms with Crippen LogP contribution in [-0.2, 0) is 4.79 Å². The molecular weight excluding hydrogens is 377 g/mol. The SMILES string of the molecule is COc1ccc(Cl)cc1C(=O)Nc1ccc(N2CCNC(=O)C2)c(Cl)c1. The third-order valence-corrected chi connectivity index (χ3v) is 4.53. The minimum atomic E-state index is -0.356. The molecule has 0 aromatic heterocycles. The van der Waals surface area contributed by atoms with E-state index in [-0.39, 0.29) is 18.4 Å². The molecule has 0 saturated carbocycles. The van der Waals surface area contributed by atoms with E-state index in [1.54, 1.807) is 30.3 Å². The Labute approximate surface area is 161 Å². The van der Waals surface area contributed by atoms with Gasteiger partial charge in [-0.05, 0) is 36.4 Å². The summed E-state index contributed by atoms with van der Waals surface area (Å²) < 4.78 is 5.20. The Bertz CT molecular complexity index is 858. The molecule has 2 amide bonds. The second-order valence-corrected chi connectivity index (χ2v) is 6.58. The number of hydrogen-bond donors (Lipinski definition) is 2. The second kappa shape index (κ2) is 7.85. The van der Waals surface area contributed by atoms with E-state index in [0.717, 1.165) is 5.69 Å². The summed E-state index contributed by atoms with van der Waals surface area (Å²) in [7, 11) is 1.49. The maximum atomic E-state index is 12.5. The Balaban J connectivity index is 1.78. The van der Waals surface area contributed by atoms with Gasteiger partial charge in [0.2, 0.25) is 5.91 Å². The summed E-state index contributed by atoms with van der Waals surface area (Å²) in [4.78, 5) is 26.0. The van der Waals surface area contributed by atoms with Crippen LogP contribution in [0.1, 0.15) is 10.4 Å². The molecule has 0 atom stereocenters. The van der Waals surface area contributed by atoms with Crippen LogP contribution in [0.15, 0.2) is 36.4 Å². The first kappa shape index (κ1) is 18.4. The third-order valence-electron chi connectivity index (χ3n) is 3.99. The maximum Gasteiger partial charge on any atom is 0.259 e. The number of anilines is 2. The Hall–Kier alpha value is -2.44. The predicted molar refractivity (Wildman–Crippen MR) is 103 cm³/mol. The molecule has 1 aliphatic heterocycles. The summed E-state index contributed by atoms with van der Waals surface area (Å²) >= 11 is 12.3. The molecule has 136 valence electrons. The minimum absolute atomic E-state index is 0.0438. The fraction of sp³-hybridized carbons (Fsp3) is 0.222. The topological polar surface area (TPSA) is 70.7 Å². The quantitative estimate of drug-likeness (QED) is 0.836. The van der Waals surface area contributed by atoms with Crippen molar-refractivity contribution in [1.29, 1.82) is 0 Å². The van der Waals surface area contributed by atoms with Crippen LogP contribution in [-0.4, -0.2) is 38.6 Å². The lowest BCUT2D eigenvalue weighted by molar-refractivity contribution is -0.120. The first-order valence-corrected chi connectivity index (χ1v) is 8.69. The van der Waals surface area contributed by atoms with E-state index in [4.69, 9.17) is 27.9 Å². The molecule has 0 aliphatic carbocycles. The van der Waals surface area contributed by atoms with Crippen LogP contribution in [0.4, 0.5) is 11.4 Å². The fourth-order valence-corrected chi connectivity index (χ4v) is 3.21. The molecular formula is C18H17Cl2N3O3. The largest absolute Gasteiger partial charge is 0.496 e. The summed E-state index contributed by atoms with van der Waals surface area (Å²) in [6, 6.07) is 10.00. The van der Waals surface area contributed by atoms with Gasteiger partial charge in [0, 0.05) is 23.8 Å². The lowest BCUT2D eigenvalue weighted by Gasteiger charge is -2.29. The first-order chi connectivity index (χ1) is 12.5. The van der Waals surface area contributed by atoms with Crippen molar-refractivity contribution in [3.8, 4) is 5.75 Å². The fourth-order valence-electron chi connectivity index (χ4n) is 2.74. The molecule has 8 heteroatoms. The summed E-state index contributed by atoms with van der Waals surface area (Å²) in [5, 5.41) is 6.44. The van der Waals surface area contributed by atoms with Crippen molar-refractivity contribution in [2.24, 2.45) is 0 Å². The Morgan fingerprint density at radius 2 is 2.04 bits per heavy atom. The molecule has 0 unspecified atom stereocenters. The number of nitrogens with one attached hydrogen (secondary N) is 2. The van der Waals surface area contributed by atoms with Crippen molar-refractivity contribution in [1.82, 2.24) is 5.32 Å². The molecule has 1 heterocycles. The Morgan fingerprint density at radius 1 is 1.23 bits per heavy atom. The van der Waals surface area contributed by atoms with E-state index in [2.05, 4.69) is 10.6 Å². The number of nitrogens with zero attached hydrogens (tertiary/aromatic N) is 1. The zero-order chi connectivity index (χ0) is 18.7. The number of methoxy groups -OCH3 is 1. The van der Waals surface area contributed by atoms with Crippen molar-refractivity contribution in [2.75, 3.05) is 37.0 Å². The Morgan fingerprint density at radius 3 is 2.73 bits per heavy atom. The van der Waals surface area contributed by atoms with Gasteiger partial charge in [-0.1, -0.05) is 23.2 Å². The number of rotatable bonds is 4. The Kier molecular flexibility index (Phi) is 5.54. The minimum Gasteiger partial charge on any atom is -0.496 e. The van der Waals surface area contributed by atoms with Crippen LogP contribution in [0, 0.1) is 0 Å². The molecule has 6 nitrogen and oxygen atoms in total. The zero-order valence-electron chi connectivity index (χ0n) is 14.0. The maximum absolute atomic E-state index is 12.5. The summed E-state index contributed by atoms with van der Waals surface area (Å²) in [5.41, 5.74) is 1.61. The molecule has 0 bridgehead atoms. The monoisotopic (exact) mass is 393 g/mol. The van der Waals surface area contributed by atoms with E-state index in [1.165, 1.54) is 13.2 Å². The lowest BCUT2D eigenvalue weighted by atomic mass is 10.1. The molecule has 3 rings (SSSR count). The number of piperazine rings is 1. The number of amides is 2. The smallest absolute Gasteiger partial charge is 0.259 e. The van der Waals surface area contributed by atoms with Crippen molar-refractivity contribution in [2.45, 2.75) is 0 Å². The second-order valence-electron chi connectivity index (χ2n) is 5.74. The van der Waals surface area contributed by atoms with Gasteiger partial charge in [-0.15, -0.1) is 0 Å². The molecule has 1 saturated heterocycles. The van der Waals surface area contributed by atoms with Crippen LogP contribution in [0.25, 0.3) is 0 Å². The van der Waals surface area contributed by atoms with E-state index in [9.17, 15) is 9.59 Å². The molecule has 0 radical (unpaired) electrons. The highest BCUT2D eigenvalue weighted by molar-refractivity contribution is 6.33. The van der Waals surface area contributed by atoms with E-state index in [1.807, 2.05) is 4.90 Å².